The van der Waals surface area contributed by atoms with Gasteiger partial charge in [0, 0.05) is 11.3 Å². The average Bonchev–Trinajstić information content (AvgIpc) is 3.09. The van der Waals surface area contributed by atoms with Crippen LogP contribution in [0.25, 0.3) is 11.4 Å². The molecule has 0 bridgehead atoms. The van der Waals surface area contributed by atoms with Crippen LogP contribution in [0.5, 0.6) is 5.75 Å². The van der Waals surface area contributed by atoms with E-state index < -0.39 is 0 Å². The molecule has 2 N–H and O–H groups in total. The summed E-state index contributed by atoms with van der Waals surface area (Å²) in [7, 11) is 0. The molecule has 6 nitrogen and oxygen atoms in total. The number of ether oxygens (including phenoxy) is 1. The van der Waals surface area contributed by atoms with E-state index in [2.05, 4.69) is 20.5 Å². The van der Waals surface area contributed by atoms with E-state index >= 15 is 0 Å². The molecule has 0 spiro atoms. The lowest BCUT2D eigenvalue weighted by Crippen LogP contribution is -2.14. The molecule has 1 aromatic heterocycles. The van der Waals surface area contributed by atoms with Gasteiger partial charge < -0.3 is 15.0 Å². The minimum absolute atomic E-state index is 0.132. The number of aryl methyl sites for hydroxylation is 1. The third-order valence-electron chi connectivity index (χ3n) is 3.57. The first-order valence-electron chi connectivity index (χ1n) is 8.39. The van der Waals surface area contributed by atoms with E-state index in [1.165, 1.54) is 23.9 Å². The highest BCUT2D eigenvalue weighted by Gasteiger charge is 2.10. The molecule has 0 aliphatic rings. The molecule has 3 rings (SSSR count). The van der Waals surface area contributed by atoms with E-state index in [0.29, 0.717) is 23.3 Å². The van der Waals surface area contributed by atoms with Crippen molar-refractivity contribution in [3.8, 4) is 17.1 Å². The number of aromatic amines is 1. The Balaban J connectivity index is 1.56. The Kier molecular flexibility index (Phi) is 6.08. The number of carbonyl (C=O) groups excluding carboxylic acids is 1. The highest BCUT2D eigenvalue weighted by atomic mass is 32.2. The third-order valence-corrected chi connectivity index (χ3v) is 4.43. The monoisotopic (exact) mass is 386 g/mol. The number of H-pyrrole nitrogens is 1. The summed E-state index contributed by atoms with van der Waals surface area (Å²) >= 11 is 1.22. The second-order valence-corrected chi connectivity index (χ2v) is 6.75. The van der Waals surface area contributed by atoms with Crippen LogP contribution in [0.3, 0.4) is 0 Å². The predicted molar refractivity (Wildman–Crippen MR) is 103 cm³/mol. The van der Waals surface area contributed by atoms with Crippen molar-refractivity contribution in [3.63, 3.8) is 0 Å². The van der Waals surface area contributed by atoms with E-state index in [0.717, 1.165) is 16.9 Å². The van der Waals surface area contributed by atoms with Crippen LogP contribution in [0.4, 0.5) is 10.1 Å². The molecule has 8 heteroatoms. The molecular weight excluding hydrogens is 367 g/mol. The Hall–Kier alpha value is -2.87. The molecule has 140 valence electrons. The van der Waals surface area contributed by atoms with E-state index in [1.54, 1.807) is 13.0 Å². The standard InChI is InChI=1S/C19H19FN4O2S/c1-3-26-16-6-4-13(5-7-16)18-22-19(24-23-18)27-11-17(25)21-15-9-12(2)8-14(20)10-15/h4-10H,3,11H2,1-2H3,(H,21,25)(H,22,23,24). The first-order valence-corrected chi connectivity index (χ1v) is 9.38. The molecule has 27 heavy (non-hydrogen) atoms. The van der Waals surface area contributed by atoms with E-state index in [4.69, 9.17) is 4.74 Å². The van der Waals surface area contributed by atoms with Gasteiger partial charge in [-0.05, 0) is 61.9 Å². The zero-order valence-corrected chi connectivity index (χ0v) is 15.8. The molecular formula is C19H19FN4O2S. The van der Waals surface area contributed by atoms with Crippen molar-refractivity contribution in [1.29, 1.82) is 0 Å². The van der Waals surface area contributed by atoms with E-state index in [-0.39, 0.29) is 17.5 Å². The Morgan fingerprint density at radius 1 is 1.22 bits per heavy atom. The number of aromatic nitrogens is 3. The van der Waals surface area contributed by atoms with Crippen LogP contribution in [-0.2, 0) is 4.79 Å². The fraction of sp³-hybridized carbons (Fsp3) is 0.211. The van der Waals surface area contributed by atoms with Gasteiger partial charge in [0.2, 0.25) is 5.91 Å². The fourth-order valence-corrected chi connectivity index (χ4v) is 3.06. The molecule has 0 aliphatic carbocycles. The maximum absolute atomic E-state index is 13.4. The molecule has 2 aromatic carbocycles. The SMILES string of the molecule is CCOc1ccc(-c2nnc(SCC(=O)Nc3cc(C)cc(F)c3)[nH]2)cc1. The molecule has 0 radical (unpaired) electrons. The Labute approximate surface area is 160 Å². The second-order valence-electron chi connectivity index (χ2n) is 5.79. The molecule has 0 aliphatic heterocycles. The summed E-state index contributed by atoms with van der Waals surface area (Å²) in [6.45, 7) is 4.31. The highest BCUT2D eigenvalue weighted by molar-refractivity contribution is 7.99. The number of hydrogen-bond donors (Lipinski definition) is 2. The summed E-state index contributed by atoms with van der Waals surface area (Å²) in [4.78, 5) is 15.1. The number of halogens is 1. The number of carbonyl (C=O) groups is 1. The van der Waals surface area contributed by atoms with Crippen LogP contribution >= 0.6 is 11.8 Å². The summed E-state index contributed by atoms with van der Waals surface area (Å²) in [6.07, 6.45) is 0. The van der Waals surface area contributed by atoms with Crippen molar-refractivity contribution in [3.05, 3.63) is 53.8 Å². The third kappa shape index (κ3) is 5.30. The second kappa shape index (κ2) is 8.68. The van der Waals surface area contributed by atoms with Crippen molar-refractivity contribution in [2.45, 2.75) is 19.0 Å². The molecule has 1 heterocycles. The minimum Gasteiger partial charge on any atom is -0.494 e. The lowest BCUT2D eigenvalue weighted by Gasteiger charge is -2.05. The normalized spacial score (nSPS) is 10.6. The van der Waals surface area contributed by atoms with Crippen molar-refractivity contribution in [2.75, 3.05) is 17.7 Å². The number of hydrogen-bond acceptors (Lipinski definition) is 5. The van der Waals surface area contributed by atoms with Crippen LogP contribution < -0.4 is 10.1 Å². The van der Waals surface area contributed by atoms with Gasteiger partial charge in [0.1, 0.15) is 11.6 Å². The van der Waals surface area contributed by atoms with Gasteiger partial charge in [-0.1, -0.05) is 11.8 Å². The largest absolute Gasteiger partial charge is 0.494 e. The van der Waals surface area contributed by atoms with Gasteiger partial charge in [-0.25, -0.2) is 4.39 Å². The van der Waals surface area contributed by atoms with Crippen molar-refractivity contribution < 1.29 is 13.9 Å². The smallest absolute Gasteiger partial charge is 0.234 e. The lowest BCUT2D eigenvalue weighted by atomic mass is 10.2. The summed E-state index contributed by atoms with van der Waals surface area (Å²) in [5, 5.41) is 11.4. The van der Waals surface area contributed by atoms with Crippen LogP contribution in [0, 0.1) is 12.7 Å². The zero-order chi connectivity index (χ0) is 19.2. The maximum atomic E-state index is 13.4. The quantitative estimate of drug-likeness (QED) is 0.599. The summed E-state index contributed by atoms with van der Waals surface area (Å²) in [5.74, 6) is 0.909. The highest BCUT2D eigenvalue weighted by Crippen LogP contribution is 2.22. The fourth-order valence-electron chi connectivity index (χ4n) is 2.46. The Morgan fingerprint density at radius 2 is 2.00 bits per heavy atom. The number of nitrogens with zero attached hydrogens (tertiary/aromatic N) is 2. The van der Waals surface area contributed by atoms with E-state index in [9.17, 15) is 9.18 Å². The number of thioether (sulfide) groups is 1. The van der Waals surface area contributed by atoms with Gasteiger partial charge >= 0.3 is 0 Å². The van der Waals surface area contributed by atoms with Crippen molar-refractivity contribution in [2.24, 2.45) is 0 Å². The number of nitrogens with one attached hydrogen (secondary N) is 2. The van der Waals surface area contributed by atoms with Gasteiger partial charge in [0.15, 0.2) is 11.0 Å². The van der Waals surface area contributed by atoms with Crippen LogP contribution in [0.1, 0.15) is 12.5 Å². The topological polar surface area (TPSA) is 79.9 Å². The number of amides is 1. The lowest BCUT2D eigenvalue weighted by molar-refractivity contribution is -0.113. The molecule has 0 saturated carbocycles. The zero-order valence-electron chi connectivity index (χ0n) is 15.0. The molecule has 0 fully saturated rings. The van der Waals surface area contributed by atoms with Crippen LogP contribution in [-0.4, -0.2) is 33.4 Å². The van der Waals surface area contributed by atoms with Crippen molar-refractivity contribution in [1.82, 2.24) is 15.2 Å². The number of benzene rings is 2. The molecule has 0 saturated heterocycles. The van der Waals surface area contributed by atoms with Gasteiger partial charge in [-0.15, -0.1) is 10.2 Å². The minimum atomic E-state index is -0.381. The van der Waals surface area contributed by atoms with E-state index in [1.807, 2.05) is 31.2 Å². The Bertz CT molecular complexity index is 907. The van der Waals surface area contributed by atoms with Crippen LogP contribution in [0.15, 0.2) is 47.6 Å². The molecule has 1 amide bonds. The average molecular weight is 386 g/mol. The van der Waals surface area contributed by atoms with Gasteiger partial charge in [0.25, 0.3) is 0 Å². The first-order chi connectivity index (χ1) is 13.0. The van der Waals surface area contributed by atoms with Gasteiger partial charge in [-0.2, -0.15) is 0 Å². The molecule has 0 unspecified atom stereocenters. The number of rotatable bonds is 7. The summed E-state index contributed by atoms with van der Waals surface area (Å²) < 4.78 is 18.8. The number of anilines is 1. The maximum Gasteiger partial charge on any atom is 0.234 e. The Morgan fingerprint density at radius 3 is 2.70 bits per heavy atom. The molecule has 0 atom stereocenters. The van der Waals surface area contributed by atoms with Crippen molar-refractivity contribution >= 4 is 23.4 Å². The van der Waals surface area contributed by atoms with Crippen LogP contribution in [0.2, 0.25) is 0 Å². The predicted octanol–water partition coefficient (Wildman–Crippen LogP) is 4.05. The van der Waals surface area contributed by atoms with Gasteiger partial charge in [0.05, 0.1) is 12.4 Å². The summed E-state index contributed by atoms with van der Waals surface area (Å²) in [5.41, 5.74) is 2.05. The molecule has 3 aromatic rings. The summed E-state index contributed by atoms with van der Waals surface area (Å²) in [6, 6.07) is 11.9. The first kappa shape index (κ1) is 18.9. The van der Waals surface area contributed by atoms with Gasteiger partial charge in [-0.3, -0.25) is 4.79 Å².